The first-order valence-corrected chi connectivity index (χ1v) is 4.89. The summed E-state index contributed by atoms with van der Waals surface area (Å²) in [5.41, 5.74) is 9.21. The Kier molecular flexibility index (Phi) is 2.56. The molecule has 2 aromatic heterocycles. The monoisotopic (exact) mass is 202 g/mol. The van der Waals surface area contributed by atoms with Crippen molar-refractivity contribution in [3.63, 3.8) is 0 Å². The van der Waals surface area contributed by atoms with Gasteiger partial charge in [0.2, 0.25) is 0 Å². The standard InChI is InChI=1S/C12H14N2O/c1-8-3-10(6-14-5-8)12(13)11-4-9(2)15-7-11/h3-7,12H,13H2,1-2H3. The molecule has 0 aromatic carbocycles. The molecule has 2 N–H and O–H groups in total. The van der Waals surface area contributed by atoms with E-state index in [1.165, 1.54) is 0 Å². The second-order valence-electron chi connectivity index (χ2n) is 3.76. The molecule has 0 spiro atoms. The van der Waals surface area contributed by atoms with Crippen molar-refractivity contribution in [1.29, 1.82) is 0 Å². The molecule has 0 amide bonds. The van der Waals surface area contributed by atoms with Crippen molar-refractivity contribution in [3.8, 4) is 0 Å². The molecular weight excluding hydrogens is 188 g/mol. The van der Waals surface area contributed by atoms with Gasteiger partial charge in [-0.2, -0.15) is 0 Å². The van der Waals surface area contributed by atoms with Crippen LogP contribution >= 0.6 is 0 Å². The first-order valence-electron chi connectivity index (χ1n) is 4.89. The van der Waals surface area contributed by atoms with Gasteiger partial charge in [0.05, 0.1) is 12.3 Å². The Morgan fingerprint density at radius 1 is 1.20 bits per heavy atom. The van der Waals surface area contributed by atoms with Crippen LogP contribution in [0.2, 0.25) is 0 Å². The van der Waals surface area contributed by atoms with Gasteiger partial charge in [-0.15, -0.1) is 0 Å². The third kappa shape index (κ3) is 2.07. The van der Waals surface area contributed by atoms with Crippen molar-refractivity contribution < 1.29 is 4.42 Å². The van der Waals surface area contributed by atoms with Crippen LogP contribution in [0.1, 0.15) is 28.5 Å². The summed E-state index contributed by atoms with van der Waals surface area (Å²) in [5, 5.41) is 0. The normalized spacial score (nSPS) is 12.7. The summed E-state index contributed by atoms with van der Waals surface area (Å²) in [6, 6.07) is 3.84. The summed E-state index contributed by atoms with van der Waals surface area (Å²) in [6.45, 7) is 3.91. The predicted molar refractivity (Wildman–Crippen MR) is 58.4 cm³/mol. The van der Waals surface area contributed by atoms with Crippen LogP contribution in [0.4, 0.5) is 0 Å². The third-order valence-corrected chi connectivity index (χ3v) is 2.37. The average molecular weight is 202 g/mol. The fourth-order valence-corrected chi connectivity index (χ4v) is 1.57. The van der Waals surface area contributed by atoms with Crippen molar-refractivity contribution in [3.05, 3.63) is 53.2 Å². The number of nitrogens with two attached hydrogens (primary N) is 1. The van der Waals surface area contributed by atoms with Crippen molar-refractivity contribution >= 4 is 0 Å². The number of rotatable bonds is 2. The van der Waals surface area contributed by atoms with Crippen LogP contribution in [0, 0.1) is 13.8 Å². The van der Waals surface area contributed by atoms with E-state index in [2.05, 4.69) is 4.98 Å². The Morgan fingerprint density at radius 3 is 2.60 bits per heavy atom. The van der Waals surface area contributed by atoms with Crippen LogP contribution in [-0.2, 0) is 0 Å². The summed E-state index contributed by atoms with van der Waals surface area (Å²) < 4.78 is 5.24. The van der Waals surface area contributed by atoms with Gasteiger partial charge in [0.25, 0.3) is 0 Å². The highest BCUT2D eigenvalue weighted by Crippen LogP contribution is 2.21. The maximum atomic E-state index is 6.10. The summed E-state index contributed by atoms with van der Waals surface area (Å²) >= 11 is 0. The molecule has 3 heteroatoms. The second-order valence-corrected chi connectivity index (χ2v) is 3.76. The zero-order chi connectivity index (χ0) is 10.8. The Labute approximate surface area is 88.9 Å². The lowest BCUT2D eigenvalue weighted by Crippen LogP contribution is -2.11. The summed E-state index contributed by atoms with van der Waals surface area (Å²) in [4.78, 5) is 4.13. The van der Waals surface area contributed by atoms with Crippen molar-refractivity contribution in [2.24, 2.45) is 5.73 Å². The van der Waals surface area contributed by atoms with Crippen LogP contribution in [-0.4, -0.2) is 4.98 Å². The molecule has 2 heterocycles. The molecule has 0 aliphatic carbocycles. The van der Waals surface area contributed by atoms with E-state index < -0.39 is 0 Å². The minimum atomic E-state index is -0.158. The van der Waals surface area contributed by atoms with E-state index in [4.69, 9.17) is 10.2 Å². The van der Waals surface area contributed by atoms with Crippen molar-refractivity contribution in [2.45, 2.75) is 19.9 Å². The quantitative estimate of drug-likeness (QED) is 0.813. The van der Waals surface area contributed by atoms with Crippen LogP contribution in [0.5, 0.6) is 0 Å². The molecule has 0 aliphatic heterocycles. The molecule has 0 aliphatic rings. The highest BCUT2D eigenvalue weighted by atomic mass is 16.3. The lowest BCUT2D eigenvalue weighted by molar-refractivity contribution is 0.530. The maximum absolute atomic E-state index is 6.10. The topological polar surface area (TPSA) is 52.0 Å². The zero-order valence-electron chi connectivity index (χ0n) is 8.90. The molecule has 0 saturated heterocycles. The molecule has 2 aromatic rings. The average Bonchev–Trinajstić information content (AvgIpc) is 2.64. The van der Waals surface area contributed by atoms with Crippen LogP contribution < -0.4 is 5.73 Å². The Bertz CT molecular complexity index is 462. The van der Waals surface area contributed by atoms with E-state index in [1.54, 1.807) is 12.5 Å². The Balaban J connectivity index is 2.32. The van der Waals surface area contributed by atoms with Gasteiger partial charge in [-0.05, 0) is 31.0 Å². The van der Waals surface area contributed by atoms with E-state index in [0.717, 1.165) is 22.5 Å². The number of pyridine rings is 1. The molecule has 1 atom stereocenters. The van der Waals surface area contributed by atoms with Gasteiger partial charge in [-0.3, -0.25) is 4.98 Å². The molecule has 0 radical (unpaired) electrons. The predicted octanol–water partition coefficient (Wildman–Crippen LogP) is 2.34. The number of aryl methyl sites for hydroxylation is 2. The molecule has 2 rings (SSSR count). The largest absolute Gasteiger partial charge is 0.469 e. The van der Waals surface area contributed by atoms with Crippen LogP contribution in [0.25, 0.3) is 0 Å². The van der Waals surface area contributed by atoms with Crippen LogP contribution in [0.3, 0.4) is 0 Å². The molecule has 1 unspecified atom stereocenters. The zero-order valence-corrected chi connectivity index (χ0v) is 8.90. The smallest absolute Gasteiger partial charge is 0.101 e. The molecule has 78 valence electrons. The molecule has 0 bridgehead atoms. The van der Waals surface area contributed by atoms with Gasteiger partial charge in [0, 0.05) is 18.0 Å². The molecule has 0 fully saturated rings. The van der Waals surface area contributed by atoms with Gasteiger partial charge >= 0.3 is 0 Å². The fourth-order valence-electron chi connectivity index (χ4n) is 1.57. The Morgan fingerprint density at radius 2 is 2.00 bits per heavy atom. The fraction of sp³-hybridized carbons (Fsp3) is 0.250. The highest BCUT2D eigenvalue weighted by molar-refractivity contribution is 5.30. The van der Waals surface area contributed by atoms with Gasteiger partial charge in [-0.1, -0.05) is 6.07 Å². The minimum Gasteiger partial charge on any atom is -0.469 e. The van der Waals surface area contributed by atoms with E-state index in [1.807, 2.05) is 32.2 Å². The SMILES string of the molecule is Cc1cncc(C(N)c2coc(C)c2)c1. The molecule has 0 saturated carbocycles. The third-order valence-electron chi connectivity index (χ3n) is 2.37. The number of nitrogens with zero attached hydrogens (tertiary/aromatic N) is 1. The number of hydrogen-bond donors (Lipinski definition) is 1. The van der Waals surface area contributed by atoms with Gasteiger partial charge < -0.3 is 10.2 Å². The lowest BCUT2D eigenvalue weighted by Gasteiger charge is -2.09. The molecule has 3 nitrogen and oxygen atoms in total. The summed E-state index contributed by atoms with van der Waals surface area (Å²) in [5.74, 6) is 0.876. The number of aromatic nitrogens is 1. The van der Waals surface area contributed by atoms with Crippen molar-refractivity contribution in [2.75, 3.05) is 0 Å². The highest BCUT2D eigenvalue weighted by Gasteiger charge is 2.11. The van der Waals surface area contributed by atoms with E-state index in [-0.39, 0.29) is 6.04 Å². The van der Waals surface area contributed by atoms with E-state index in [0.29, 0.717) is 0 Å². The maximum Gasteiger partial charge on any atom is 0.101 e. The molecular formula is C12H14N2O. The Hall–Kier alpha value is -1.61. The lowest BCUT2D eigenvalue weighted by atomic mass is 10.0. The second kappa shape index (κ2) is 3.87. The van der Waals surface area contributed by atoms with Gasteiger partial charge in [0.1, 0.15) is 5.76 Å². The number of furan rings is 1. The minimum absolute atomic E-state index is 0.158. The van der Waals surface area contributed by atoms with Crippen molar-refractivity contribution in [1.82, 2.24) is 4.98 Å². The molecule has 15 heavy (non-hydrogen) atoms. The first-order chi connectivity index (χ1) is 7.16. The van der Waals surface area contributed by atoms with Gasteiger partial charge in [0.15, 0.2) is 0 Å². The van der Waals surface area contributed by atoms with Gasteiger partial charge in [-0.25, -0.2) is 0 Å². The van der Waals surface area contributed by atoms with Crippen LogP contribution in [0.15, 0.2) is 35.2 Å². The first kappa shape index (κ1) is 9.93. The summed E-state index contributed by atoms with van der Waals surface area (Å²) in [7, 11) is 0. The number of hydrogen-bond acceptors (Lipinski definition) is 3. The van der Waals surface area contributed by atoms with E-state index >= 15 is 0 Å². The van der Waals surface area contributed by atoms with E-state index in [9.17, 15) is 0 Å². The summed E-state index contributed by atoms with van der Waals surface area (Å²) in [6.07, 6.45) is 5.30.